The van der Waals surface area contributed by atoms with Crippen LogP contribution in [0.3, 0.4) is 0 Å². The van der Waals surface area contributed by atoms with Gasteiger partial charge < -0.3 is 10.6 Å². The molecule has 164 valence electrons. The molecule has 0 bridgehead atoms. The summed E-state index contributed by atoms with van der Waals surface area (Å²) in [6.07, 6.45) is 1.60. The van der Waals surface area contributed by atoms with Gasteiger partial charge in [0.25, 0.3) is 5.91 Å². The van der Waals surface area contributed by atoms with Crippen LogP contribution in [0.15, 0.2) is 84.2 Å². The zero-order valence-electron chi connectivity index (χ0n) is 17.5. The number of benzene rings is 2. The van der Waals surface area contributed by atoms with Gasteiger partial charge in [-0.1, -0.05) is 41.9 Å². The van der Waals surface area contributed by atoms with Crippen molar-refractivity contribution in [2.24, 2.45) is 0 Å². The summed E-state index contributed by atoms with van der Waals surface area (Å²) in [7, 11) is 0. The molecule has 2 N–H and O–H groups in total. The molecule has 1 aliphatic heterocycles. The highest BCUT2D eigenvalue weighted by atomic mass is 35.5. The van der Waals surface area contributed by atoms with Crippen LogP contribution in [0.1, 0.15) is 18.5 Å². The first-order valence-corrected chi connectivity index (χ1v) is 10.6. The Morgan fingerprint density at radius 1 is 1.09 bits per heavy atom. The number of aromatic nitrogens is 4. The number of anilines is 2. The van der Waals surface area contributed by atoms with Crippen molar-refractivity contribution >= 4 is 29.3 Å². The topological polar surface area (TPSA) is 84.7 Å². The molecule has 2 aromatic heterocycles. The second kappa shape index (κ2) is 8.48. The number of pyridine rings is 1. The fourth-order valence-corrected chi connectivity index (χ4v) is 3.90. The van der Waals surface area contributed by atoms with E-state index in [4.69, 9.17) is 11.6 Å². The van der Waals surface area contributed by atoms with Crippen LogP contribution in [0.4, 0.5) is 16.2 Å². The summed E-state index contributed by atoms with van der Waals surface area (Å²) >= 11 is 6.10. The first-order valence-electron chi connectivity index (χ1n) is 10.2. The molecule has 9 heteroatoms. The van der Waals surface area contributed by atoms with Crippen LogP contribution >= 0.6 is 11.6 Å². The fraction of sp³-hybridized carbons (Fsp3) is 0.0833. The number of carbonyl (C=O) groups is 1. The second-order valence-corrected chi connectivity index (χ2v) is 7.91. The molecule has 0 radical (unpaired) electrons. The molecule has 1 amide bonds. The number of halogens is 2. The Kier molecular flexibility index (Phi) is 5.35. The van der Waals surface area contributed by atoms with Crippen molar-refractivity contribution < 1.29 is 9.18 Å². The van der Waals surface area contributed by atoms with Crippen molar-refractivity contribution in [3.8, 4) is 11.4 Å². The summed E-state index contributed by atoms with van der Waals surface area (Å²) in [5, 5.41) is 11.1. The number of hydrogen-bond donors (Lipinski definition) is 2. The van der Waals surface area contributed by atoms with Crippen LogP contribution in [-0.2, 0) is 4.79 Å². The molecule has 0 fully saturated rings. The lowest BCUT2D eigenvalue weighted by molar-refractivity contribution is -0.113. The highest BCUT2D eigenvalue weighted by Crippen LogP contribution is 2.37. The molecular formula is C24H18ClFN6O. The Morgan fingerprint density at radius 2 is 1.85 bits per heavy atom. The number of hydrogen-bond acceptors (Lipinski definition) is 5. The van der Waals surface area contributed by atoms with Gasteiger partial charge in [-0.15, -0.1) is 5.10 Å². The lowest BCUT2D eigenvalue weighted by Crippen LogP contribution is -2.31. The first kappa shape index (κ1) is 20.8. The van der Waals surface area contributed by atoms with Crippen LogP contribution in [0.2, 0.25) is 5.02 Å². The van der Waals surface area contributed by atoms with Crippen molar-refractivity contribution in [3.63, 3.8) is 0 Å². The molecule has 3 heterocycles. The molecule has 0 aliphatic carbocycles. The normalized spacial score (nSPS) is 15.1. The Morgan fingerprint density at radius 3 is 2.58 bits per heavy atom. The second-order valence-electron chi connectivity index (χ2n) is 7.47. The van der Waals surface area contributed by atoms with Gasteiger partial charge >= 0.3 is 0 Å². The fourth-order valence-electron chi connectivity index (χ4n) is 3.78. The van der Waals surface area contributed by atoms with Crippen molar-refractivity contribution in [1.29, 1.82) is 0 Å². The van der Waals surface area contributed by atoms with Gasteiger partial charge in [-0.25, -0.2) is 14.1 Å². The summed E-state index contributed by atoms with van der Waals surface area (Å²) in [5.74, 6) is 0.274. The molecule has 0 saturated heterocycles. The Labute approximate surface area is 194 Å². The van der Waals surface area contributed by atoms with Crippen LogP contribution in [0, 0.1) is 5.82 Å². The first-order chi connectivity index (χ1) is 16.0. The van der Waals surface area contributed by atoms with Gasteiger partial charge in [0.1, 0.15) is 17.7 Å². The van der Waals surface area contributed by atoms with E-state index in [0.717, 1.165) is 5.56 Å². The van der Waals surface area contributed by atoms with Gasteiger partial charge in [0.05, 0.1) is 11.1 Å². The van der Waals surface area contributed by atoms with Gasteiger partial charge in [-0.05, 0) is 48.9 Å². The maximum absolute atomic E-state index is 14.4. The number of nitrogens with zero attached hydrogens (tertiary/aromatic N) is 4. The molecule has 7 nitrogen and oxygen atoms in total. The van der Waals surface area contributed by atoms with Gasteiger partial charge in [0, 0.05) is 16.9 Å². The summed E-state index contributed by atoms with van der Waals surface area (Å²) in [4.78, 5) is 22.0. The average molecular weight is 461 g/mol. The molecule has 0 unspecified atom stereocenters. The Bertz CT molecular complexity index is 1370. The van der Waals surface area contributed by atoms with Gasteiger partial charge in [-0.3, -0.25) is 4.79 Å². The largest absolute Gasteiger partial charge is 0.328 e. The van der Waals surface area contributed by atoms with E-state index in [-0.39, 0.29) is 17.3 Å². The van der Waals surface area contributed by atoms with E-state index in [1.54, 1.807) is 66.3 Å². The number of amides is 1. The number of carbonyl (C=O) groups excluding carboxylic acids is 1. The molecule has 2 aromatic carbocycles. The monoisotopic (exact) mass is 460 g/mol. The summed E-state index contributed by atoms with van der Waals surface area (Å²) in [5.41, 5.74) is 2.08. The van der Waals surface area contributed by atoms with E-state index in [9.17, 15) is 9.18 Å². The molecule has 0 spiro atoms. The van der Waals surface area contributed by atoms with Crippen molar-refractivity contribution in [2.45, 2.75) is 13.0 Å². The Hall–Kier alpha value is -4.04. The summed E-state index contributed by atoms with van der Waals surface area (Å²) < 4.78 is 16.0. The molecule has 5 rings (SSSR count). The quantitative estimate of drug-likeness (QED) is 0.444. The van der Waals surface area contributed by atoms with Crippen LogP contribution < -0.4 is 10.6 Å². The predicted molar refractivity (Wildman–Crippen MR) is 124 cm³/mol. The van der Waals surface area contributed by atoms with Crippen LogP contribution in [0.25, 0.3) is 11.4 Å². The van der Waals surface area contributed by atoms with E-state index >= 15 is 0 Å². The van der Waals surface area contributed by atoms with Gasteiger partial charge in [0.2, 0.25) is 5.95 Å². The van der Waals surface area contributed by atoms with E-state index in [1.165, 1.54) is 6.07 Å². The van der Waals surface area contributed by atoms with Crippen LogP contribution in [-0.4, -0.2) is 25.7 Å². The molecule has 1 atom stereocenters. The van der Waals surface area contributed by atoms with E-state index in [0.29, 0.717) is 28.1 Å². The Balaban J connectivity index is 1.62. The number of fused-ring (bicyclic) bond motifs is 1. The number of nitrogens with one attached hydrogen (secondary N) is 2. The predicted octanol–water partition coefficient (Wildman–Crippen LogP) is 5.06. The third kappa shape index (κ3) is 3.96. The standard InChI is InChI=1S/C24H18ClFN6O/c1-14-20(23(33)29-19-8-4-5-13-27-19)21(15-9-11-16(25)12-10-15)32-24(28-14)30-22(31-32)17-6-2-3-7-18(17)26/h2-13,21H,1H3,(H,27,29,33)(H,28,30,31)/t21-/m0/s1. The lowest BCUT2D eigenvalue weighted by Gasteiger charge is -2.28. The highest BCUT2D eigenvalue weighted by molar-refractivity contribution is 6.30. The SMILES string of the molecule is CC1=C(C(=O)Nc2ccccn2)[C@H](c2ccc(Cl)cc2)n2nc(-c3ccccc3F)nc2N1. The van der Waals surface area contributed by atoms with E-state index < -0.39 is 11.9 Å². The van der Waals surface area contributed by atoms with Gasteiger partial charge in [0.15, 0.2) is 5.82 Å². The molecule has 33 heavy (non-hydrogen) atoms. The summed E-state index contributed by atoms with van der Waals surface area (Å²) in [6, 6.07) is 18.1. The number of allylic oxidation sites excluding steroid dienone is 1. The van der Waals surface area contributed by atoms with Crippen molar-refractivity contribution in [1.82, 2.24) is 19.7 Å². The lowest BCUT2D eigenvalue weighted by atomic mass is 9.95. The minimum atomic E-state index is -0.616. The zero-order chi connectivity index (χ0) is 22.9. The number of rotatable bonds is 4. The minimum Gasteiger partial charge on any atom is -0.328 e. The smallest absolute Gasteiger partial charge is 0.257 e. The highest BCUT2D eigenvalue weighted by Gasteiger charge is 2.34. The average Bonchev–Trinajstić information content (AvgIpc) is 3.23. The van der Waals surface area contributed by atoms with E-state index in [1.807, 2.05) is 12.1 Å². The maximum Gasteiger partial charge on any atom is 0.257 e. The van der Waals surface area contributed by atoms with Crippen molar-refractivity contribution in [3.05, 3.63) is 101 Å². The molecule has 0 saturated carbocycles. The maximum atomic E-state index is 14.4. The summed E-state index contributed by atoms with van der Waals surface area (Å²) in [6.45, 7) is 1.79. The molecule has 4 aromatic rings. The molecule has 1 aliphatic rings. The van der Waals surface area contributed by atoms with Crippen LogP contribution in [0.5, 0.6) is 0 Å². The van der Waals surface area contributed by atoms with Crippen molar-refractivity contribution in [2.75, 3.05) is 10.6 Å². The van der Waals surface area contributed by atoms with Gasteiger partial charge in [-0.2, -0.15) is 4.98 Å². The van der Waals surface area contributed by atoms with E-state index in [2.05, 4.69) is 25.7 Å². The zero-order valence-corrected chi connectivity index (χ0v) is 18.2. The molecular weight excluding hydrogens is 443 g/mol. The third-order valence-electron chi connectivity index (χ3n) is 5.30. The minimum absolute atomic E-state index is 0.216. The third-order valence-corrected chi connectivity index (χ3v) is 5.56.